The Hall–Kier alpha value is -3.35. The van der Waals surface area contributed by atoms with Crippen molar-refractivity contribution in [2.24, 2.45) is 0 Å². The highest BCUT2D eigenvalue weighted by Gasteiger charge is 2.45. The Balaban J connectivity index is 1.63. The maximum absolute atomic E-state index is 5.49. The molecule has 1 aliphatic rings. The van der Waals surface area contributed by atoms with Crippen LogP contribution in [0.5, 0.6) is 0 Å². The van der Waals surface area contributed by atoms with Crippen molar-refractivity contribution in [3.05, 3.63) is 139 Å². The molecule has 0 spiro atoms. The topological polar surface area (TPSA) is 18.5 Å². The lowest BCUT2D eigenvalue weighted by Gasteiger charge is -2.28. The van der Waals surface area contributed by atoms with E-state index in [1.54, 1.807) is 12.5 Å². The molecule has 0 fully saturated rings. The molecule has 0 atom stereocenters. The maximum atomic E-state index is 5.49. The molecular weight excluding hydrogens is 399 g/mol. The molecule has 0 radical (unpaired) electrons. The van der Waals surface area contributed by atoms with Gasteiger partial charge in [-0.25, -0.2) is 0 Å². The molecule has 0 N–H and O–H groups in total. The normalized spacial score (nSPS) is 13.5. The van der Waals surface area contributed by atoms with Crippen molar-refractivity contribution in [3.8, 4) is 0 Å². The monoisotopic (exact) mass is 423 g/mol. The molecule has 0 aromatic heterocycles. The third-order valence-electron chi connectivity index (χ3n) is 5.72. The van der Waals surface area contributed by atoms with Crippen molar-refractivity contribution in [3.63, 3.8) is 0 Å². The molecule has 1 heterocycles. The van der Waals surface area contributed by atoms with Gasteiger partial charge in [-0.3, -0.25) is 0 Å². The van der Waals surface area contributed by atoms with Crippen LogP contribution < -0.4 is 15.9 Å². The van der Waals surface area contributed by atoms with E-state index in [9.17, 15) is 0 Å². The number of hydrogen-bond donors (Lipinski definition) is 0. The standard InChI is InChI=1S/C28H24O2P/c1-4-10-25(11-5-1)31(26-12-6-2-7-13-26,27-14-8-3-9-15-27)22-23-16-18-24(19-17-23)28-29-20-21-30-28/h1-21,28H,22H2/q+1. The van der Waals surface area contributed by atoms with Crippen LogP contribution in [-0.4, -0.2) is 0 Å². The molecule has 152 valence electrons. The minimum Gasteiger partial charge on any atom is -0.455 e. The predicted octanol–water partition coefficient (Wildman–Crippen LogP) is 5.70. The third-order valence-corrected chi connectivity index (χ3v) is 10.1. The zero-order chi connectivity index (χ0) is 20.9. The van der Waals surface area contributed by atoms with Crippen molar-refractivity contribution < 1.29 is 9.47 Å². The fraction of sp³-hybridized carbons (Fsp3) is 0.0714. The summed E-state index contributed by atoms with van der Waals surface area (Å²) in [7, 11) is -1.89. The van der Waals surface area contributed by atoms with Gasteiger partial charge >= 0.3 is 0 Å². The van der Waals surface area contributed by atoms with Crippen LogP contribution in [0.25, 0.3) is 0 Å². The minimum atomic E-state index is -1.89. The second-order valence-corrected chi connectivity index (χ2v) is 11.1. The van der Waals surface area contributed by atoms with Crippen LogP contribution in [0.3, 0.4) is 0 Å². The summed E-state index contributed by atoms with van der Waals surface area (Å²) in [4.78, 5) is 0. The van der Waals surface area contributed by atoms with E-state index in [-0.39, 0.29) is 6.29 Å². The van der Waals surface area contributed by atoms with E-state index >= 15 is 0 Å². The molecule has 2 nitrogen and oxygen atoms in total. The van der Waals surface area contributed by atoms with Crippen LogP contribution in [0, 0.1) is 0 Å². The first kappa shape index (κ1) is 19.6. The summed E-state index contributed by atoms with van der Waals surface area (Å²) in [6.07, 6.45) is 3.80. The van der Waals surface area contributed by atoms with E-state index in [1.165, 1.54) is 21.5 Å². The molecule has 0 saturated carbocycles. The number of benzene rings is 4. The van der Waals surface area contributed by atoms with Gasteiger partial charge in [-0.05, 0) is 42.0 Å². The van der Waals surface area contributed by atoms with E-state index in [0.29, 0.717) is 0 Å². The molecule has 0 unspecified atom stereocenters. The number of hydrogen-bond acceptors (Lipinski definition) is 2. The van der Waals surface area contributed by atoms with Crippen molar-refractivity contribution >= 4 is 23.2 Å². The molecule has 4 aromatic rings. The fourth-order valence-corrected chi connectivity index (χ4v) is 8.46. The lowest BCUT2D eigenvalue weighted by atomic mass is 10.1. The second-order valence-electron chi connectivity index (χ2n) is 7.59. The van der Waals surface area contributed by atoms with E-state index in [0.717, 1.165) is 11.7 Å². The van der Waals surface area contributed by atoms with Crippen LogP contribution in [0.2, 0.25) is 0 Å². The highest BCUT2D eigenvalue weighted by Crippen LogP contribution is 2.58. The molecule has 31 heavy (non-hydrogen) atoms. The van der Waals surface area contributed by atoms with Gasteiger partial charge in [0, 0.05) is 5.56 Å². The molecule has 0 aliphatic carbocycles. The lowest BCUT2D eigenvalue weighted by Crippen LogP contribution is -2.32. The summed E-state index contributed by atoms with van der Waals surface area (Å²) in [6, 6.07) is 41.6. The van der Waals surface area contributed by atoms with Gasteiger partial charge in [0.2, 0.25) is 0 Å². The first-order valence-electron chi connectivity index (χ1n) is 10.5. The van der Waals surface area contributed by atoms with Crippen LogP contribution in [0.1, 0.15) is 17.4 Å². The first-order chi connectivity index (χ1) is 15.4. The highest BCUT2D eigenvalue weighted by molar-refractivity contribution is 7.95. The Labute approximate surface area is 184 Å². The summed E-state index contributed by atoms with van der Waals surface area (Å²) in [5, 5.41) is 4.18. The SMILES string of the molecule is C1=COC(c2ccc(C[P+](c3ccccc3)(c3ccccc3)c3ccccc3)cc2)O1. The van der Waals surface area contributed by atoms with Gasteiger partial charge in [0.25, 0.3) is 6.29 Å². The first-order valence-corrected chi connectivity index (χ1v) is 12.4. The predicted molar refractivity (Wildman–Crippen MR) is 129 cm³/mol. The molecule has 5 rings (SSSR count). The Morgan fingerprint density at radius 3 is 1.35 bits per heavy atom. The van der Waals surface area contributed by atoms with E-state index in [2.05, 4.69) is 115 Å². The van der Waals surface area contributed by atoms with E-state index in [1.807, 2.05) is 0 Å². The fourth-order valence-electron chi connectivity index (χ4n) is 4.22. The van der Waals surface area contributed by atoms with Gasteiger partial charge < -0.3 is 9.47 Å². The molecule has 0 amide bonds. The van der Waals surface area contributed by atoms with Gasteiger partial charge in [-0.2, -0.15) is 0 Å². The molecule has 0 bridgehead atoms. The number of ether oxygens (including phenoxy) is 2. The van der Waals surface area contributed by atoms with Crippen molar-refractivity contribution in [2.45, 2.75) is 12.5 Å². The van der Waals surface area contributed by atoms with Gasteiger partial charge in [0.15, 0.2) is 0 Å². The van der Waals surface area contributed by atoms with Crippen molar-refractivity contribution in [1.29, 1.82) is 0 Å². The second kappa shape index (κ2) is 8.79. The quantitative estimate of drug-likeness (QED) is 0.371. The Bertz CT molecular complexity index is 1040. The lowest BCUT2D eigenvalue weighted by molar-refractivity contribution is -0.0246. The van der Waals surface area contributed by atoms with Crippen LogP contribution in [-0.2, 0) is 15.6 Å². The average Bonchev–Trinajstić information content (AvgIpc) is 3.40. The van der Waals surface area contributed by atoms with Crippen molar-refractivity contribution in [2.75, 3.05) is 0 Å². The zero-order valence-electron chi connectivity index (χ0n) is 17.2. The Morgan fingerprint density at radius 1 is 0.516 bits per heavy atom. The molecule has 4 aromatic carbocycles. The molecular formula is C28H24O2P+. The summed E-state index contributed by atoms with van der Waals surface area (Å²) in [5.41, 5.74) is 2.33. The van der Waals surface area contributed by atoms with Gasteiger partial charge in [0.05, 0.1) is 6.16 Å². The van der Waals surface area contributed by atoms with Crippen LogP contribution in [0.4, 0.5) is 0 Å². The molecule has 3 heteroatoms. The van der Waals surface area contributed by atoms with Gasteiger partial charge in [-0.15, -0.1) is 0 Å². The third kappa shape index (κ3) is 3.87. The summed E-state index contributed by atoms with van der Waals surface area (Å²) >= 11 is 0. The summed E-state index contributed by atoms with van der Waals surface area (Å²) < 4.78 is 11.0. The largest absolute Gasteiger partial charge is 0.455 e. The molecule has 1 aliphatic heterocycles. The average molecular weight is 423 g/mol. The van der Waals surface area contributed by atoms with Gasteiger partial charge in [0.1, 0.15) is 35.7 Å². The van der Waals surface area contributed by atoms with E-state index in [4.69, 9.17) is 9.47 Å². The van der Waals surface area contributed by atoms with E-state index < -0.39 is 7.26 Å². The number of rotatable bonds is 6. The molecule has 0 saturated heterocycles. The minimum absolute atomic E-state index is 0.342. The Morgan fingerprint density at radius 2 is 0.935 bits per heavy atom. The smallest absolute Gasteiger partial charge is 0.266 e. The Kier molecular flexibility index (Phi) is 5.56. The van der Waals surface area contributed by atoms with Crippen LogP contribution in [0.15, 0.2) is 128 Å². The van der Waals surface area contributed by atoms with Crippen molar-refractivity contribution in [1.82, 2.24) is 0 Å². The highest BCUT2D eigenvalue weighted by atomic mass is 31.2. The summed E-state index contributed by atoms with van der Waals surface area (Å²) in [5.74, 6) is 0. The van der Waals surface area contributed by atoms with Gasteiger partial charge in [-0.1, -0.05) is 78.9 Å². The van der Waals surface area contributed by atoms with Crippen LogP contribution >= 0.6 is 7.26 Å². The maximum Gasteiger partial charge on any atom is 0.266 e. The summed E-state index contributed by atoms with van der Waals surface area (Å²) in [6.45, 7) is 0. The zero-order valence-corrected chi connectivity index (χ0v) is 18.1.